The van der Waals surface area contributed by atoms with E-state index in [4.69, 9.17) is 16.3 Å². The summed E-state index contributed by atoms with van der Waals surface area (Å²) in [5.74, 6) is 1.22. The van der Waals surface area contributed by atoms with Gasteiger partial charge in [-0.05, 0) is 32.0 Å². The summed E-state index contributed by atoms with van der Waals surface area (Å²) >= 11 is 6.08. The molecule has 2 N–H and O–H groups in total. The minimum Gasteiger partial charge on any atom is -0.385 e. The van der Waals surface area contributed by atoms with Crippen molar-refractivity contribution in [3.05, 3.63) is 40.4 Å². The Labute approximate surface area is 145 Å². The third-order valence-corrected chi connectivity index (χ3v) is 4.07. The predicted octanol–water partition coefficient (Wildman–Crippen LogP) is 2.41. The molecule has 1 unspecified atom stereocenters. The lowest BCUT2D eigenvalue weighted by Crippen LogP contribution is -2.42. The number of anilines is 1. The average molecular weight is 350 g/mol. The van der Waals surface area contributed by atoms with Gasteiger partial charge in [0.05, 0.1) is 18.7 Å². The molecule has 1 aliphatic heterocycles. The third-order valence-electron chi connectivity index (χ3n) is 3.84. The fourth-order valence-corrected chi connectivity index (χ4v) is 2.87. The number of ether oxygens (including phenoxy) is 1. The Balaban J connectivity index is 1.80. The number of carbonyl (C=O) groups excluding carboxylic acids is 1. The summed E-state index contributed by atoms with van der Waals surface area (Å²) in [5.41, 5.74) is 1.35. The van der Waals surface area contributed by atoms with Gasteiger partial charge in [0.25, 0.3) is 5.91 Å². The second-order valence-corrected chi connectivity index (χ2v) is 6.05. The highest BCUT2D eigenvalue weighted by molar-refractivity contribution is 6.31. The average Bonchev–Trinajstić information content (AvgIpc) is 3.03. The number of benzene rings is 1. The van der Waals surface area contributed by atoms with E-state index >= 15 is 0 Å². The topological polar surface area (TPSA) is 83.1 Å². The molecule has 128 valence electrons. The monoisotopic (exact) mass is 349 g/mol. The summed E-state index contributed by atoms with van der Waals surface area (Å²) in [6.07, 6.45) is -0.325. The molecule has 0 bridgehead atoms. The number of aromatic amines is 1. The number of rotatable bonds is 4. The number of hydrogen-bond acceptors (Lipinski definition) is 5. The van der Waals surface area contributed by atoms with Gasteiger partial charge in [0, 0.05) is 23.8 Å². The van der Waals surface area contributed by atoms with Crippen molar-refractivity contribution in [1.29, 1.82) is 0 Å². The van der Waals surface area contributed by atoms with Gasteiger partial charge in [0.2, 0.25) is 0 Å². The smallest absolute Gasteiger partial charge is 0.256 e. The minimum atomic E-state index is -0.325. The van der Waals surface area contributed by atoms with E-state index in [1.165, 1.54) is 0 Å². The van der Waals surface area contributed by atoms with Crippen molar-refractivity contribution in [2.75, 3.05) is 31.6 Å². The van der Waals surface area contributed by atoms with Crippen LogP contribution in [-0.2, 0) is 4.74 Å². The van der Waals surface area contributed by atoms with Gasteiger partial charge in [-0.3, -0.25) is 9.89 Å². The number of H-pyrrole nitrogens is 1. The molecular weight excluding hydrogens is 330 g/mol. The zero-order valence-electron chi connectivity index (χ0n) is 13.7. The van der Waals surface area contributed by atoms with Crippen LogP contribution in [0.4, 0.5) is 5.69 Å². The van der Waals surface area contributed by atoms with Crippen LogP contribution in [0.15, 0.2) is 18.2 Å². The Kier molecular flexibility index (Phi) is 5.01. The first-order valence-corrected chi connectivity index (χ1v) is 8.29. The van der Waals surface area contributed by atoms with Crippen LogP contribution >= 0.6 is 11.6 Å². The summed E-state index contributed by atoms with van der Waals surface area (Å²) in [4.78, 5) is 19.0. The van der Waals surface area contributed by atoms with E-state index in [-0.39, 0.29) is 12.0 Å². The van der Waals surface area contributed by atoms with E-state index in [0.717, 1.165) is 18.1 Å². The lowest BCUT2D eigenvalue weighted by Gasteiger charge is -2.32. The number of carbonyl (C=O) groups is 1. The molecule has 1 aliphatic rings. The zero-order valence-corrected chi connectivity index (χ0v) is 14.4. The molecule has 1 aromatic heterocycles. The van der Waals surface area contributed by atoms with Crippen molar-refractivity contribution in [2.24, 2.45) is 0 Å². The van der Waals surface area contributed by atoms with Crippen molar-refractivity contribution in [1.82, 2.24) is 20.1 Å². The molecule has 0 radical (unpaired) electrons. The molecule has 0 saturated carbocycles. The van der Waals surface area contributed by atoms with Crippen molar-refractivity contribution >= 4 is 23.2 Å². The Morgan fingerprint density at radius 2 is 2.38 bits per heavy atom. The molecule has 1 fully saturated rings. The molecule has 2 heterocycles. The van der Waals surface area contributed by atoms with Crippen LogP contribution in [0.1, 0.15) is 35.0 Å². The zero-order chi connectivity index (χ0) is 17.1. The molecule has 0 spiro atoms. The highest BCUT2D eigenvalue weighted by Crippen LogP contribution is 2.25. The maximum atomic E-state index is 13.0. The molecule has 8 heteroatoms. The van der Waals surface area contributed by atoms with Crippen LogP contribution in [0.3, 0.4) is 0 Å². The van der Waals surface area contributed by atoms with E-state index in [2.05, 4.69) is 20.5 Å². The lowest BCUT2D eigenvalue weighted by molar-refractivity contribution is -0.0266. The molecule has 24 heavy (non-hydrogen) atoms. The van der Waals surface area contributed by atoms with Crippen molar-refractivity contribution in [3.63, 3.8) is 0 Å². The van der Waals surface area contributed by atoms with Gasteiger partial charge in [0.1, 0.15) is 11.9 Å². The summed E-state index contributed by atoms with van der Waals surface area (Å²) in [5, 5.41) is 10.7. The van der Waals surface area contributed by atoms with Gasteiger partial charge in [-0.15, -0.1) is 0 Å². The van der Waals surface area contributed by atoms with Gasteiger partial charge in [-0.2, -0.15) is 5.10 Å². The molecule has 0 aliphatic carbocycles. The summed E-state index contributed by atoms with van der Waals surface area (Å²) in [6, 6.07) is 5.30. The second-order valence-electron chi connectivity index (χ2n) is 5.61. The van der Waals surface area contributed by atoms with Gasteiger partial charge in [-0.25, -0.2) is 4.98 Å². The first kappa shape index (κ1) is 16.7. The van der Waals surface area contributed by atoms with Crippen molar-refractivity contribution in [2.45, 2.75) is 20.0 Å². The summed E-state index contributed by atoms with van der Waals surface area (Å²) < 4.78 is 5.71. The number of nitrogens with one attached hydrogen (secondary N) is 2. The normalized spacial score (nSPS) is 17.8. The first-order chi connectivity index (χ1) is 11.6. The number of hydrogen-bond donors (Lipinski definition) is 2. The van der Waals surface area contributed by atoms with E-state index < -0.39 is 0 Å². The van der Waals surface area contributed by atoms with E-state index in [0.29, 0.717) is 36.1 Å². The summed E-state index contributed by atoms with van der Waals surface area (Å²) in [7, 11) is 0. The van der Waals surface area contributed by atoms with Crippen molar-refractivity contribution in [3.8, 4) is 0 Å². The Morgan fingerprint density at radius 1 is 1.54 bits per heavy atom. The molecule has 3 rings (SSSR count). The fraction of sp³-hybridized carbons (Fsp3) is 0.438. The number of aromatic nitrogens is 3. The van der Waals surface area contributed by atoms with Crippen molar-refractivity contribution < 1.29 is 9.53 Å². The lowest BCUT2D eigenvalue weighted by atomic mass is 10.1. The second kappa shape index (κ2) is 7.19. The van der Waals surface area contributed by atoms with Crippen LogP contribution < -0.4 is 5.32 Å². The number of aryl methyl sites for hydroxylation is 1. The first-order valence-electron chi connectivity index (χ1n) is 7.91. The minimum absolute atomic E-state index is 0.0750. The quantitative estimate of drug-likeness (QED) is 0.885. The summed E-state index contributed by atoms with van der Waals surface area (Å²) in [6.45, 7) is 5.92. The molecule has 1 amide bonds. The van der Waals surface area contributed by atoms with Crippen LogP contribution in [0.25, 0.3) is 0 Å². The van der Waals surface area contributed by atoms with E-state index in [9.17, 15) is 4.79 Å². The molecule has 1 aromatic carbocycles. The van der Waals surface area contributed by atoms with Gasteiger partial charge in [0.15, 0.2) is 5.82 Å². The highest BCUT2D eigenvalue weighted by atomic mass is 35.5. The number of amides is 1. The molecule has 2 aromatic rings. The van der Waals surface area contributed by atoms with Crippen LogP contribution in [0.5, 0.6) is 0 Å². The van der Waals surface area contributed by atoms with Crippen LogP contribution in [0, 0.1) is 6.92 Å². The molecule has 1 saturated heterocycles. The maximum absolute atomic E-state index is 13.0. The number of morpholine rings is 1. The standard InChI is InChI=1S/C16H20ClN5O2/c1-3-18-13-5-4-11(17)8-12(13)16(23)22-6-7-24-14(9-22)15-19-10(2)20-21-15/h4-5,8,14,18H,3,6-7,9H2,1-2H3,(H,19,20,21). The van der Waals surface area contributed by atoms with Gasteiger partial charge < -0.3 is 15.0 Å². The maximum Gasteiger partial charge on any atom is 0.256 e. The Morgan fingerprint density at radius 3 is 3.08 bits per heavy atom. The van der Waals surface area contributed by atoms with E-state index in [1.807, 2.05) is 19.9 Å². The number of nitrogens with zero attached hydrogens (tertiary/aromatic N) is 3. The van der Waals surface area contributed by atoms with E-state index in [1.54, 1.807) is 17.0 Å². The van der Waals surface area contributed by atoms with Crippen LogP contribution in [0.2, 0.25) is 5.02 Å². The Hall–Kier alpha value is -2.12. The molecular formula is C16H20ClN5O2. The molecule has 1 atom stereocenters. The van der Waals surface area contributed by atoms with Crippen LogP contribution in [-0.4, -0.2) is 52.2 Å². The van der Waals surface area contributed by atoms with Gasteiger partial charge >= 0.3 is 0 Å². The SMILES string of the molecule is CCNc1ccc(Cl)cc1C(=O)N1CCOC(c2n[nH]c(C)n2)C1. The highest BCUT2D eigenvalue weighted by Gasteiger charge is 2.29. The predicted molar refractivity (Wildman–Crippen MR) is 91.3 cm³/mol. The largest absolute Gasteiger partial charge is 0.385 e. The Bertz CT molecular complexity index is 733. The third kappa shape index (κ3) is 3.52. The fourth-order valence-electron chi connectivity index (χ4n) is 2.70. The number of halogens is 1. The molecule has 7 nitrogen and oxygen atoms in total. The van der Waals surface area contributed by atoms with Gasteiger partial charge in [-0.1, -0.05) is 11.6 Å².